The predicted molar refractivity (Wildman–Crippen MR) is 59.3 cm³/mol. The minimum atomic E-state index is -0.433. The molecule has 1 aromatic heterocycles. The van der Waals surface area contributed by atoms with Gasteiger partial charge in [0.1, 0.15) is 5.69 Å². The van der Waals surface area contributed by atoms with E-state index in [4.69, 9.17) is 0 Å². The fourth-order valence-corrected chi connectivity index (χ4v) is 1.38. The summed E-state index contributed by atoms with van der Waals surface area (Å²) in [5, 5.41) is 26.9. The molecule has 0 spiro atoms. The van der Waals surface area contributed by atoms with Crippen molar-refractivity contribution in [3.8, 4) is 0 Å². The third kappa shape index (κ3) is 2.54. The molecule has 2 rings (SSSR count). The molecule has 0 amide bonds. The van der Waals surface area contributed by atoms with Gasteiger partial charge in [-0.3, -0.25) is 10.1 Å². The number of aromatic amines is 1. The second-order valence-corrected chi connectivity index (χ2v) is 3.46. The standard InChI is InChI=1S/C9H10N6O2/c1-6-2-3-8(15(16)17)7(4-6)10-5-9-11-13-14-12-9/h2-4,10H,5H2,1H3,(H,11,12,13,14). The molecule has 1 aromatic carbocycles. The number of nitrogens with one attached hydrogen (secondary N) is 2. The highest BCUT2D eigenvalue weighted by atomic mass is 16.6. The van der Waals surface area contributed by atoms with Crippen LogP contribution in [0, 0.1) is 17.0 Å². The first-order valence-electron chi connectivity index (χ1n) is 4.88. The van der Waals surface area contributed by atoms with E-state index in [1.165, 1.54) is 6.07 Å². The largest absolute Gasteiger partial charge is 0.372 e. The molecule has 0 unspecified atom stereocenters. The van der Waals surface area contributed by atoms with Gasteiger partial charge in [0.25, 0.3) is 5.69 Å². The number of nitro groups is 1. The molecule has 0 aliphatic rings. The van der Waals surface area contributed by atoms with Crippen LogP contribution in [0.2, 0.25) is 0 Å². The Bertz CT molecular complexity index is 524. The lowest BCUT2D eigenvalue weighted by molar-refractivity contribution is -0.384. The van der Waals surface area contributed by atoms with Gasteiger partial charge in [-0.15, -0.1) is 10.2 Å². The summed E-state index contributed by atoms with van der Waals surface area (Å²) < 4.78 is 0. The smallest absolute Gasteiger partial charge is 0.292 e. The van der Waals surface area contributed by atoms with E-state index in [9.17, 15) is 10.1 Å². The third-order valence-electron chi connectivity index (χ3n) is 2.17. The van der Waals surface area contributed by atoms with Crippen LogP contribution in [0.3, 0.4) is 0 Å². The van der Waals surface area contributed by atoms with E-state index in [0.717, 1.165) is 5.56 Å². The molecule has 8 heteroatoms. The Labute approximate surface area is 96.2 Å². The number of anilines is 1. The first kappa shape index (κ1) is 11.0. The van der Waals surface area contributed by atoms with Gasteiger partial charge < -0.3 is 5.32 Å². The highest BCUT2D eigenvalue weighted by molar-refractivity contribution is 5.62. The van der Waals surface area contributed by atoms with Crippen molar-refractivity contribution in [1.29, 1.82) is 0 Å². The van der Waals surface area contributed by atoms with Gasteiger partial charge >= 0.3 is 0 Å². The van der Waals surface area contributed by atoms with Crippen molar-refractivity contribution in [1.82, 2.24) is 20.6 Å². The Morgan fingerprint density at radius 3 is 3.00 bits per heavy atom. The molecule has 0 atom stereocenters. The zero-order valence-electron chi connectivity index (χ0n) is 9.04. The summed E-state index contributed by atoms with van der Waals surface area (Å²) >= 11 is 0. The summed E-state index contributed by atoms with van der Waals surface area (Å²) in [7, 11) is 0. The van der Waals surface area contributed by atoms with Gasteiger partial charge in [0.15, 0.2) is 5.82 Å². The van der Waals surface area contributed by atoms with Crippen LogP contribution in [0.1, 0.15) is 11.4 Å². The maximum atomic E-state index is 10.8. The van der Waals surface area contributed by atoms with E-state index in [2.05, 4.69) is 25.9 Å². The molecule has 0 fully saturated rings. The van der Waals surface area contributed by atoms with E-state index in [1.54, 1.807) is 12.1 Å². The number of nitrogens with zero attached hydrogens (tertiary/aromatic N) is 4. The van der Waals surface area contributed by atoms with E-state index < -0.39 is 4.92 Å². The van der Waals surface area contributed by atoms with Gasteiger partial charge in [0, 0.05) is 6.07 Å². The highest BCUT2D eigenvalue weighted by Gasteiger charge is 2.13. The van der Waals surface area contributed by atoms with Crippen molar-refractivity contribution in [2.45, 2.75) is 13.5 Å². The van der Waals surface area contributed by atoms with Crippen molar-refractivity contribution >= 4 is 11.4 Å². The molecule has 0 aliphatic carbocycles. The first-order chi connectivity index (χ1) is 8.16. The minimum absolute atomic E-state index is 0.0269. The molecular formula is C9H10N6O2. The Kier molecular flexibility index (Phi) is 2.95. The number of hydrogen-bond donors (Lipinski definition) is 2. The second kappa shape index (κ2) is 4.56. The number of tetrazole rings is 1. The fraction of sp³-hybridized carbons (Fsp3) is 0.222. The Balaban J connectivity index is 2.19. The average Bonchev–Trinajstić information content (AvgIpc) is 2.78. The molecule has 0 aliphatic heterocycles. The topological polar surface area (TPSA) is 110 Å². The molecule has 8 nitrogen and oxygen atoms in total. The lowest BCUT2D eigenvalue weighted by atomic mass is 10.2. The summed E-state index contributed by atoms with van der Waals surface area (Å²) in [5.74, 6) is 0.445. The Hall–Kier alpha value is -2.51. The van der Waals surface area contributed by atoms with Crippen LogP contribution >= 0.6 is 0 Å². The molecule has 0 saturated heterocycles. The van der Waals surface area contributed by atoms with Crippen LogP contribution in [0.15, 0.2) is 18.2 Å². The number of aromatic nitrogens is 4. The van der Waals surface area contributed by atoms with E-state index in [-0.39, 0.29) is 12.2 Å². The van der Waals surface area contributed by atoms with Crippen molar-refractivity contribution in [2.75, 3.05) is 5.32 Å². The van der Waals surface area contributed by atoms with Crippen molar-refractivity contribution < 1.29 is 4.92 Å². The Morgan fingerprint density at radius 1 is 1.53 bits per heavy atom. The number of H-pyrrole nitrogens is 1. The van der Waals surface area contributed by atoms with Crippen LogP contribution in [-0.4, -0.2) is 25.5 Å². The Morgan fingerprint density at radius 2 is 2.35 bits per heavy atom. The van der Waals surface area contributed by atoms with E-state index >= 15 is 0 Å². The normalized spacial score (nSPS) is 10.2. The first-order valence-corrected chi connectivity index (χ1v) is 4.88. The molecule has 0 saturated carbocycles. The van der Waals surface area contributed by atoms with Gasteiger partial charge in [-0.05, 0) is 18.6 Å². The fourth-order valence-electron chi connectivity index (χ4n) is 1.38. The molecule has 1 heterocycles. The lowest BCUT2D eigenvalue weighted by Crippen LogP contribution is -2.04. The molecule has 0 bridgehead atoms. The van der Waals surface area contributed by atoms with Crippen LogP contribution in [-0.2, 0) is 6.54 Å². The summed E-state index contributed by atoms with van der Waals surface area (Å²) in [5.41, 5.74) is 1.41. The number of benzene rings is 1. The third-order valence-corrected chi connectivity index (χ3v) is 2.17. The summed E-state index contributed by atoms with van der Waals surface area (Å²) in [6.45, 7) is 2.14. The van der Waals surface area contributed by atoms with Crippen LogP contribution in [0.5, 0.6) is 0 Å². The molecule has 2 aromatic rings. The van der Waals surface area contributed by atoms with Crippen LogP contribution in [0.25, 0.3) is 0 Å². The summed E-state index contributed by atoms with van der Waals surface area (Å²) in [4.78, 5) is 10.4. The number of nitro benzene ring substituents is 1. The van der Waals surface area contributed by atoms with E-state index in [1.807, 2.05) is 6.92 Å². The lowest BCUT2D eigenvalue weighted by Gasteiger charge is -2.05. The summed E-state index contributed by atoms with van der Waals surface area (Å²) in [6, 6.07) is 4.86. The zero-order chi connectivity index (χ0) is 12.3. The van der Waals surface area contributed by atoms with Crippen LogP contribution < -0.4 is 5.32 Å². The van der Waals surface area contributed by atoms with Crippen LogP contribution in [0.4, 0.5) is 11.4 Å². The highest BCUT2D eigenvalue weighted by Crippen LogP contribution is 2.25. The zero-order valence-corrected chi connectivity index (χ0v) is 9.04. The molecular weight excluding hydrogens is 224 g/mol. The number of aryl methyl sites for hydroxylation is 1. The van der Waals surface area contributed by atoms with Gasteiger partial charge in [-0.2, -0.15) is 5.21 Å². The van der Waals surface area contributed by atoms with Crippen molar-refractivity contribution in [2.24, 2.45) is 0 Å². The molecule has 0 radical (unpaired) electrons. The molecule has 17 heavy (non-hydrogen) atoms. The van der Waals surface area contributed by atoms with E-state index in [0.29, 0.717) is 11.5 Å². The quantitative estimate of drug-likeness (QED) is 0.603. The predicted octanol–water partition coefficient (Wildman–Crippen LogP) is 1.03. The molecule has 2 N–H and O–H groups in total. The van der Waals surface area contributed by atoms with Crippen molar-refractivity contribution in [3.05, 3.63) is 39.7 Å². The maximum absolute atomic E-state index is 10.8. The van der Waals surface area contributed by atoms with Gasteiger partial charge in [0.2, 0.25) is 0 Å². The number of hydrogen-bond acceptors (Lipinski definition) is 6. The molecule has 88 valence electrons. The second-order valence-electron chi connectivity index (χ2n) is 3.46. The van der Waals surface area contributed by atoms with Crippen molar-refractivity contribution in [3.63, 3.8) is 0 Å². The number of rotatable bonds is 4. The van der Waals surface area contributed by atoms with Gasteiger partial charge in [-0.1, -0.05) is 11.3 Å². The minimum Gasteiger partial charge on any atom is -0.372 e. The SMILES string of the molecule is Cc1ccc([N+](=O)[O-])c(NCc2nn[nH]n2)c1. The average molecular weight is 234 g/mol. The maximum Gasteiger partial charge on any atom is 0.292 e. The summed E-state index contributed by atoms with van der Waals surface area (Å²) in [6.07, 6.45) is 0. The van der Waals surface area contributed by atoms with Gasteiger partial charge in [0.05, 0.1) is 11.5 Å². The van der Waals surface area contributed by atoms with Gasteiger partial charge in [-0.25, -0.2) is 0 Å². The monoisotopic (exact) mass is 234 g/mol.